The molecule has 0 bridgehead atoms. The minimum Gasteiger partial charge on any atom is -0.326 e. The number of rotatable bonds is 5. The smallest absolute Gasteiger partial charge is 0.231 e. The van der Waals surface area contributed by atoms with Crippen LogP contribution < -0.4 is 5.32 Å². The van der Waals surface area contributed by atoms with Crippen LogP contribution in [-0.4, -0.2) is 10.9 Å². The average Bonchev–Trinajstić information content (AvgIpc) is 2.73. The number of thioether (sulfide) groups is 1. The summed E-state index contributed by atoms with van der Waals surface area (Å²) in [7, 11) is 0. The molecule has 0 spiro atoms. The maximum Gasteiger partial charge on any atom is 0.231 e. The Morgan fingerprint density at radius 1 is 1.07 bits per heavy atom. The number of aromatic nitrogens is 1. The maximum atomic E-state index is 12.8. The second kappa shape index (κ2) is 8.40. The lowest BCUT2D eigenvalue weighted by molar-refractivity contribution is -0.117. The fourth-order valence-corrected chi connectivity index (χ4v) is 4.37. The molecule has 27 heavy (non-hydrogen) atoms. The fraction of sp³-hybridized carbons (Fsp3) is 0.217. The van der Waals surface area contributed by atoms with Crippen LogP contribution in [-0.2, 0) is 17.0 Å². The molecule has 136 valence electrons. The highest BCUT2D eigenvalue weighted by atomic mass is 32.2. The molecule has 0 saturated carbocycles. The quantitative estimate of drug-likeness (QED) is 0.605. The van der Waals surface area contributed by atoms with Gasteiger partial charge < -0.3 is 5.32 Å². The van der Waals surface area contributed by atoms with Gasteiger partial charge in [0, 0.05) is 28.7 Å². The van der Waals surface area contributed by atoms with Crippen LogP contribution in [0.15, 0.2) is 78.0 Å². The standard InChI is InChI=1S/C23H22N2OS/c26-23(22-9-3-7-18-6-1-2-8-21(18)22)25-19-10-12-20(13-11-19)27-16-17-5-4-14-24-15-17/h1-2,4-6,8,10-15,22H,3,7,9,16H2,(H,25,26). The summed E-state index contributed by atoms with van der Waals surface area (Å²) in [4.78, 5) is 18.1. The molecule has 2 aromatic carbocycles. The van der Waals surface area contributed by atoms with Gasteiger partial charge in [0.05, 0.1) is 5.92 Å². The van der Waals surface area contributed by atoms with Crippen LogP contribution in [0.1, 0.15) is 35.4 Å². The highest BCUT2D eigenvalue weighted by Gasteiger charge is 2.26. The molecule has 4 heteroatoms. The van der Waals surface area contributed by atoms with Gasteiger partial charge in [0.1, 0.15) is 0 Å². The van der Waals surface area contributed by atoms with Crippen molar-refractivity contribution in [1.29, 1.82) is 0 Å². The van der Waals surface area contributed by atoms with Crippen LogP contribution in [0.3, 0.4) is 0 Å². The Morgan fingerprint density at radius 2 is 1.93 bits per heavy atom. The fourth-order valence-electron chi connectivity index (χ4n) is 3.54. The van der Waals surface area contributed by atoms with Gasteiger partial charge in [0.15, 0.2) is 0 Å². The molecule has 4 rings (SSSR count). The van der Waals surface area contributed by atoms with Gasteiger partial charge in [-0.15, -0.1) is 11.8 Å². The van der Waals surface area contributed by atoms with Gasteiger partial charge >= 0.3 is 0 Å². The summed E-state index contributed by atoms with van der Waals surface area (Å²) in [5.41, 5.74) is 4.56. The molecule has 1 aliphatic rings. The molecular weight excluding hydrogens is 352 g/mol. The molecule has 1 unspecified atom stereocenters. The van der Waals surface area contributed by atoms with E-state index in [4.69, 9.17) is 0 Å². The van der Waals surface area contributed by atoms with E-state index in [-0.39, 0.29) is 11.8 Å². The Bertz CT molecular complexity index is 909. The molecule has 1 aromatic heterocycles. The van der Waals surface area contributed by atoms with Gasteiger partial charge in [-0.2, -0.15) is 0 Å². The number of fused-ring (bicyclic) bond motifs is 1. The van der Waals surface area contributed by atoms with Crippen molar-refractivity contribution in [3.63, 3.8) is 0 Å². The van der Waals surface area contributed by atoms with Crippen LogP contribution >= 0.6 is 11.8 Å². The molecular formula is C23H22N2OS. The Morgan fingerprint density at radius 3 is 2.74 bits per heavy atom. The summed E-state index contributed by atoms with van der Waals surface area (Å²) in [5.74, 6) is 0.936. The van der Waals surface area contributed by atoms with Crippen molar-refractivity contribution in [3.8, 4) is 0 Å². The van der Waals surface area contributed by atoms with Crippen LogP contribution in [0.25, 0.3) is 0 Å². The monoisotopic (exact) mass is 374 g/mol. The summed E-state index contributed by atoms with van der Waals surface area (Å²) < 4.78 is 0. The zero-order valence-electron chi connectivity index (χ0n) is 15.1. The van der Waals surface area contributed by atoms with Crippen molar-refractivity contribution < 1.29 is 4.79 Å². The average molecular weight is 375 g/mol. The maximum absolute atomic E-state index is 12.8. The van der Waals surface area contributed by atoms with Crippen LogP contribution in [0.5, 0.6) is 0 Å². The summed E-state index contributed by atoms with van der Waals surface area (Å²) in [6.07, 6.45) is 6.74. The molecule has 3 nitrogen and oxygen atoms in total. The number of carbonyl (C=O) groups is 1. The number of hydrogen-bond donors (Lipinski definition) is 1. The minimum absolute atomic E-state index is 0.0467. The zero-order chi connectivity index (χ0) is 18.5. The predicted molar refractivity (Wildman–Crippen MR) is 111 cm³/mol. The molecule has 0 aliphatic heterocycles. The third-order valence-corrected chi connectivity index (χ3v) is 6.02. The van der Waals surface area contributed by atoms with Gasteiger partial charge in [-0.05, 0) is 66.3 Å². The summed E-state index contributed by atoms with van der Waals surface area (Å²) in [6, 6.07) is 20.4. The SMILES string of the molecule is O=C(Nc1ccc(SCc2cccnc2)cc1)C1CCCc2ccccc21. The number of carbonyl (C=O) groups excluding carboxylic acids is 1. The molecule has 1 heterocycles. The largest absolute Gasteiger partial charge is 0.326 e. The number of aryl methyl sites for hydroxylation is 1. The minimum atomic E-state index is -0.0467. The second-order valence-electron chi connectivity index (χ2n) is 6.81. The van der Waals surface area contributed by atoms with E-state index in [0.29, 0.717) is 0 Å². The highest BCUT2D eigenvalue weighted by Crippen LogP contribution is 2.32. The van der Waals surface area contributed by atoms with Crippen molar-refractivity contribution in [3.05, 3.63) is 89.7 Å². The van der Waals surface area contributed by atoms with E-state index in [0.717, 1.165) is 30.7 Å². The first-order valence-corrected chi connectivity index (χ1v) is 10.3. The van der Waals surface area contributed by atoms with Gasteiger partial charge in [-0.1, -0.05) is 30.3 Å². The summed E-state index contributed by atoms with van der Waals surface area (Å²) in [5, 5.41) is 3.10. The van der Waals surface area contributed by atoms with Gasteiger partial charge in [0.2, 0.25) is 5.91 Å². The molecule has 0 radical (unpaired) electrons. The third-order valence-electron chi connectivity index (χ3n) is 4.94. The van der Waals surface area contributed by atoms with Crippen LogP contribution in [0.4, 0.5) is 5.69 Å². The van der Waals surface area contributed by atoms with Gasteiger partial charge in [-0.25, -0.2) is 0 Å². The topological polar surface area (TPSA) is 42.0 Å². The molecule has 3 aromatic rings. The van der Waals surface area contributed by atoms with Gasteiger partial charge in [0.25, 0.3) is 0 Å². The lowest BCUT2D eigenvalue weighted by Crippen LogP contribution is -2.24. The van der Waals surface area contributed by atoms with E-state index in [9.17, 15) is 4.79 Å². The van der Waals surface area contributed by atoms with Crippen molar-refractivity contribution in [2.45, 2.75) is 35.8 Å². The number of benzene rings is 2. The van der Waals surface area contributed by atoms with E-state index in [1.807, 2.05) is 30.5 Å². The van der Waals surface area contributed by atoms with Crippen molar-refractivity contribution in [2.75, 3.05) is 5.32 Å². The summed E-state index contributed by atoms with van der Waals surface area (Å²) in [6.45, 7) is 0. The Labute approximate surface area is 164 Å². The molecule has 1 aliphatic carbocycles. The van der Waals surface area contributed by atoms with E-state index >= 15 is 0 Å². The van der Waals surface area contributed by atoms with E-state index in [1.165, 1.54) is 21.6 Å². The lowest BCUT2D eigenvalue weighted by atomic mass is 9.82. The number of anilines is 1. The van der Waals surface area contributed by atoms with Crippen molar-refractivity contribution >= 4 is 23.4 Å². The first-order valence-electron chi connectivity index (χ1n) is 9.30. The summed E-state index contributed by atoms with van der Waals surface area (Å²) >= 11 is 1.77. The van der Waals surface area contributed by atoms with Crippen molar-refractivity contribution in [1.82, 2.24) is 4.98 Å². The molecule has 1 amide bonds. The number of pyridine rings is 1. The van der Waals surface area contributed by atoms with Crippen LogP contribution in [0, 0.1) is 0 Å². The van der Waals surface area contributed by atoms with E-state index in [1.54, 1.807) is 18.0 Å². The van der Waals surface area contributed by atoms with Gasteiger partial charge in [-0.3, -0.25) is 9.78 Å². The molecule has 0 saturated heterocycles. The Kier molecular flexibility index (Phi) is 5.54. The number of nitrogens with zero attached hydrogens (tertiary/aromatic N) is 1. The normalized spacial score (nSPS) is 15.8. The number of nitrogens with one attached hydrogen (secondary N) is 1. The number of amides is 1. The predicted octanol–water partition coefficient (Wildman–Crippen LogP) is 5.43. The first kappa shape index (κ1) is 17.8. The zero-order valence-corrected chi connectivity index (χ0v) is 15.9. The first-order chi connectivity index (χ1) is 13.3. The van der Waals surface area contributed by atoms with E-state index < -0.39 is 0 Å². The Hall–Kier alpha value is -2.59. The molecule has 1 atom stereocenters. The third kappa shape index (κ3) is 4.40. The second-order valence-corrected chi connectivity index (χ2v) is 7.86. The lowest BCUT2D eigenvalue weighted by Gasteiger charge is -2.24. The van der Waals surface area contributed by atoms with E-state index in [2.05, 4.69) is 46.7 Å². The van der Waals surface area contributed by atoms with Crippen molar-refractivity contribution in [2.24, 2.45) is 0 Å². The molecule has 1 N–H and O–H groups in total. The Balaban J connectivity index is 1.38. The number of hydrogen-bond acceptors (Lipinski definition) is 3. The highest BCUT2D eigenvalue weighted by molar-refractivity contribution is 7.98. The van der Waals surface area contributed by atoms with Crippen LogP contribution in [0.2, 0.25) is 0 Å². The molecule has 0 fully saturated rings.